The molecular formula is C26H31N3O2S. The number of fused-ring (bicyclic) bond motifs is 1. The summed E-state index contributed by atoms with van der Waals surface area (Å²) in [5.41, 5.74) is 4.20. The first-order chi connectivity index (χ1) is 15.5. The molecule has 5 nitrogen and oxygen atoms in total. The smallest absolute Gasteiger partial charge is 0.220 e. The number of carbonyl (C=O) groups excluding carboxylic acids is 2. The molecule has 2 aliphatic heterocycles. The van der Waals surface area contributed by atoms with Crippen molar-refractivity contribution in [1.29, 1.82) is 0 Å². The number of anilines is 1. The lowest BCUT2D eigenvalue weighted by atomic mass is 9.90. The zero-order chi connectivity index (χ0) is 22.7. The minimum atomic E-state index is -0.625. The van der Waals surface area contributed by atoms with Crippen molar-refractivity contribution < 1.29 is 9.59 Å². The van der Waals surface area contributed by atoms with Gasteiger partial charge in [-0.2, -0.15) is 0 Å². The fraction of sp³-hybridized carbons (Fsp3) is 0.385. The highest BCUT2D eigenvalue weighted by Gasteiger charge is 2.36. The van der Waals surface area contributed by atoms with Crippen molar-refractivity contribution in [3.63, 3.8) is 0 Å². The van der Waals surface area contributed by atoms with Gasteiger partial charge in [0.15, 0.2) is 0 Å². The van der Waals surface area contributed by atoms with E-state index in [1.807, 2.05) is 31.3 Å². The molecular weight excluding hydrogens is 418 g/mol. The summed E-state index contributed by atoms with van der Waals surface area (Å²) in [7, 11) is 2.02. The summed E-state index contributed by atoms with van der Waals surface area (Å²) in [5.74, 6) is -0.0614. The van der Waals surface area contributed by atoms with Gasteiger partial charge in [-0.3, -0.25) is 9.69 Å². The van der Waals surface area contributed by atoms with E-state index in [2.05, 4.69) is 40.1 Å². The Morgan fingerprint density at radius 2 is 1.78 bits per heavy atom. The molecule has 0 N–H and O–H groups in total. The quantitative estimate of drug-likeness (QED) is 0.537. The van der Waals surface area contributed by atoms with Crippen LogP contribution in [-0.4, -0.2) is 60.8 Å². The maximum Gasteiger partial charge on any atom is 0.220 e. The Kier molecular flexibility index (Phi) is 7.01. The lowest BCUT2D eigenvalue weighted by molar-refractivity contribution is -0.136. The van der Waals surface area contributed by atoms with E-state index in [0.717, 1.165) is 60.5 Å². The maximum absolute atomic E-state index is 12.8. The first kappa shape index (κ1) is 22.6. The predicted molar refractivity (Wildman–Crippen MR) is 133 cm³/mol. The van der Waals surface area contributed by atoms with Gasteiger partial charge >= 0.3 is 0 Å². The molecule has 168 valence electrons. The number of likely N-dealkylation sites (tertiary alicyclic amines) is 1. The van der Waals surface area contributed by atoms with E-state index in [9.17, 15) is 9.59 Å². The number of nitrogens with zero attached hydrogens (tertiary/aromatic N) is 3. The Morgan fingerprint density at radius 1 is 1.12 bits per heavy atom. The second-order valence-electron chi connectivity index (χ2n) is 8.73. The molecule has 2 heterocycles. The van der Waals surface area contributed by atoms with Crippen molar-refractivity contribution in [3.05, 3.63) is 70.6 Å². The molecule has 6 heteroatoms. The number of para-hydroxylation sites is 1. The third kappa shape index (κ3) is 4.62. The highest BCUT2D eigenvalue weighted by molar-refractivity contribution is 7.84. The maximum atomic E-state index is 12.8. The molecule has 2 aliphatic rings. The molecule has 1 atom stereocenters. The summed E-state index contributed by atoms with van der Waals surface area (Å²) < 4.78 is 0. The number of hydrogen-bond donors (Lipinski definition) is 1. The molecule has 32 heavy (non-hydrogen) atoms. The third-order valence-corrected chi connectivity index (χ3v) is 6.97. The molecule has 0 saturated carbocycles. The first-order valence-corrected chi connectivity index (χ1v) is 11.7. The van der Waals surface area contributed by atoms with Gasteiger partial charge in [0.05, 0.1) is 0 Å². The van der Waals surface area contributed by atoms with E-state index >= 15 is 0 Å². The largest absolute Gasteiger partial charge is 0.369 e. The summed E-state index contributed by atoms with van der Waals surface area (Å²) in [6.45, 7) is 4.92. The highest BCUT2D eigenvalue weighted by atomic mass is 32.1. The van der Waals surface area contributed by atoms with E-state index in [1.54, 1.807) is 11.8 Å². The average molecular weight is 450 g/mol. The molecule has 1 unspecified atom stereocenters. The second kappa shape index (κ2) is 9.92. The molecule has 0 aliphatic carbocycles. The second-order valence-corrected chi connectivity index (χ2v) is 9.27. The topological polar surface area (TPSA) is 43.9 Å². The van der Waals surface area contributed by atoms with Crippen molar-refractivity contribution in [2.75, 3.05) is 31.6 Å². The molecule has 0 bridgehead atoms. The van der Waals surface area contributed by atoms with Gasteiger partial charge in [-0.15, -0.1) is 12.6 Å². The fourth-order valence-corrected chi connectivity index (χ4v) is 5.53. The summed E-state index contributed by atoms with van der Waals surface area (Å²) in [6, 6.07) is 17.9. The first-order valence-electron chi connectivity index (χ1n) is 11.2. The van der Waals surface area contributed by atoms with Crippen LogP contribution in [0.3, 0.4) is 0 Å². The van der Waals surface area contributed by atoms with E-state index in [0.29, 0.717) is 6.54 Å². The molecule has 2 aromatic carbocycles. The summed E-state index contributed by atoms with van der Waals surface area (Å²) >= 11 is 4.76. The van der Waals surface area contributed by atoms with Crippen LogP contribution < -0.4 is 4.90 Å². The van der Waals surface area contributed by atoms with Crippen LogP contribution >= 0.6 is 12.6 Å². The van der Waals surface area contributed by atoms with Crippen molar-refractivity contribution in [3.8, 4) is 0 Å². The molecule has 0 spiro atoms. The van der Waals surface area contributed by atoms with Crippen molar-refractivity contribution in [2.45, 2.75) is 38.4 Å². The summed E-state index contributed by atoms with van der Waals surface area (Å²) in [6.07, 6.45) is 2.63. The van der Waals surface area contributed by atoms with E-state index in [1.165, 1.54) is 5.56 Å². The van der Waals surface area contributed by atoms with Crippen molar-refractivity contribution in [1.82, 2.24) is 9.80 Å². The van der Waals surface area contributed by atoms with Gasteiger partial charge in [-0.25, -0.2) is 0 Å². The number of hydrogen-bond acceptors (Lipinski definition) is 5. The van der Waals surface area contributed by atoms with E-state index < -0.39 is 6.04 Å². The van der Waals surface area contributed by atoms with Crippen LogP contribution in [0.5, 0.6) is 0 Å². The van der Waals surface area contributed by atoms with Crippen LogP contribution in [0.1, 0.15) is 30.9 Å². The Bertz CT molecular complexity index is 999. The lowest BCUT2D eigenvalue weighted by Crippen LogP contribution is -2.52. The zero-order valence-corrected chi connectivity index (χ0v) is 19.7. The third-order valence-electron chi connectivity index (χ3n) is 6.59. The number of likely N-dealkylation sites (N-methyl/N-ethyl adjacent to an activating group) is 1. The Balaban J connectivity index is 1.55. The van der Waals surface area contributed by atoms with E-state index in [-0.39, 0.29) is 11.9 Å². The average Bonchev–Trinajstić information content (AvgIpc) is 2.80. The molecule has 1 amide bonds. The van der Waals surface area contributed by atoms with Crippen molar-refractivity contribution in [2.24, 2.45) is 0 Å². The SMILES string of the molecule is CC(=O)N(C1CCN(Cc2ccccc2)CC1)C(C=O)C1=C(S)CN(C)c2ccccc21. The van der Waals surface area contributed by atoms with Gasteiger partial charge < -0.3 is 14.6 Å². The van der Waals surface area contributed by atoms with Crippen molar-refractivity contribution >= 4 is 36.1 Å². The number of amides is 1. The van der Waals surface area contributed by atoms with Crippen LogP contribution in [-0.2, 0) is 16.1 Å². The Hall–Kier alpha value is -2.57. The van der Waals surface area contributed by atoms with Crippen LogP contribution in [0.25, 0.3) is 5.57 Å². The van der Waals surface area contributed by atoms with Gasteiger partial charge in [0.25, 0.3) is 0 Å². The summed E-state index contributed by atoms with van der Waals surface area (Å²) in [5, 5.41) is 0. The van der Waals surface area contributed by atoms with Crippen LogP contribution in [0.2, 0.25) is 0 Å². The van der Waals surface area contributed by atoms with Crippen LogP contribution in [0.15, 0.2) is 59.5 Å². The molecule has 1 fully saturated rings. The lowest BCUT2D eigenvalue weighted by Gasteiger charge is -2.42. The van der Waals surface area contributed by atoms with Gasteiger partial charge in [-0.1, -0.05) is 48.5 Å². The monoisotopic (exact) mass is 449 g/mol. The molecule has 1 saturated heterocycles. The molecule has 0 aromatic heterocycles. The minimum Gasteiger partial charge on any atom is -0.369 e. The van der Waals surface area contributed by atoms with Gasteiger partial charge in [-0.05, 0) is 24.5 Å². The van der Waals surface area contributed by atoms with Gasteiger partial charge in [0.2, 0.25) is 5.91 Å². The molecule has 0 radical (unpaired) electrons. The molecule has 4 rings (SSSR count). The van der Waals surface area contributed by atoms with Gasteiger partial charge in [0.1, 0.15) is 12.3 Å². The highest BCUT2D eigenvalue weighted by Crippen LogP contribution is 2.39. The molecule has 2 aromatic rings. The standard InChI is InChI=1S/C26H31N3O2S/c1-19(31)29(21-12-14-28(15-13-21)16-20-8-4-3-5-9-20)24(18-30)26-22-10-6-7-11-23(22)27(2)17-25(26)32/h3-11,18,21,24,32H,12-17H2,1-2H3. The Morgan fingerprint density at radius 3 is 2.44 bits per heavy atom. The van der Waals surface area contributed by atoms with E-state index in [4.69, 9.17) is 12.6 Å². The van der Waals surface area contributed by atoms with Crippen LogP contribution in [0.4, 0.5) is 5.69 Å². The van der Waals surface area contributed by atoms with Crippen LogP contribution in [0, 0.1) is 0 Å². The number of aldehydes is 1. The number of piperidine rings is 1. The number of carbonyl (C=O) groups is 2. The number of rotatable bonds is 6. The summed E-state index contributed by atoms with van der Waals surface area (Å²) in [4.78, 5) is 32.5. The normalized spacial score (nSPS) is 18.3. The Labute approximate surface area is 196 Å². The number of benzene rings is 2. The zero-order valence-electron chi connectivity index (χ0n) is 18.8. The number of thiol groups is 1. The minimum absolute atomic E-state index is 0.0372. The van der Waals surface area contributed by atoms with Gasteiger partial charge in [0, 0.05) is 67.9 Å². The fourth-order valence-electron chi connectivity index (χ4n) is 5.06. The predicted octanol–water partition coefficient (Wildman–Crippen LogP) is 3.86.